The van der Waals surface area contributed by atoms with Gasteiger partial charge in [-0.3, -0.25) is 14.4 Å². The van der Waals surface area contributed by atoms with E-state index >= 15 is 0 Å². The van der Waals surface area contributed by atoms with Crippen LogP contribution in [0.5, 0.6) is 0 Å². The number of aliphatic imine (C=N–C) groups is 1. The van der Waals surface area contributed by atoms with Crippen molar-refractivity contribution in [1.82, 2.24) is 14.5 Å². The lowest BCUT2D eigenvalue weighted by Crippen LogP contribution is -2.61. The maximum absolute atomic E-state index is 13.6. The minimum atomic E-state index is -4.66. The summed E-state index contributed by atoms with van der Waals surface area (Å²) in [6.07, 6.45) is -4.96. The van der Waals surface area contributed by atoms with Crippen LogP contribution >= 0.6 is 0 Å². The van der Waals surface area contributed by atoms with Gasteiger partial charge in [-0.15, -0.1) is 0 Å². The van der Waals surface area contributed by atoms with Gasteiger partial charge in [0, 0.05) is 32.6 Å². The third-order valence-corrected chi connectivity index (χ3v) is 8.99. The Bertz CT molecular complexity index is 1460. The molecule has 0 aliphatic carbocycles. The molecule has 240 valence electrons. The van der Waals surface area contributed by atoms with Crippen LogP contribution in [0, 0.1) is 0 Å². The summed E-state index contributed by atoms with van der Waals surface area (Å²) >= 11 is 0. The van der Waals surface area contributed by atoms with Crippen molar-refractivity contribution in [3.8, 4) is 0 Å². The lowest BCUT2D eigenvalue weighted by Gasteiger charge is -2.39. The minimum Gasteiger partial charge on any atom is -0.484 e. The second-order valence-electron chi connectivity index (χ2n) is 10.4. The molecule has 1 atom stereocenters. The number of alkyl halides is 3. The van der Waals surface area contributed by atoms with Gasteiger partial charge in [0.25, 0.3) is 0 Å². The lowest BCUT2D eigenvalue weighted by atomic mass is 10.0. The highest BCUT2D eigenvalue weighted by molar-refractivity contribution is 7.89. The molecule has 0 saturated carbocycles. The van der Waals surface area contributed by atoms with Crippen molar-refractivity contribution in [1.29, 1.82) is 0 Å². The summed E-state index contributed by atoms with van der Waals surface area (Å²) in [5, 5.41) is 11.6. The zero-order chi connectivity index (χ0) is 32.7. The minimum absolute atomic E-state index is 0.0402. The normalized spacial score (nSPS) is 16.6. The topological polar surface area (TPSA) is 146 Å². The van der Waals surface area contributed by atoms with Crippen molar-refractivity contribution < 1.29 is 45.8 Å². The first-order valence-corrected chi connectivity index (χ1v) is 15.2. The summed E-state index contributed by atoms with van der Waals surface area (Å²) in [6, 6.07) is 9.07. The molecule has 2 N–H and O–H groups in total. The molecular weight excluding hydrogens is 605 g/mol. The molecule has 1 saturated heterocycles. The van der Waals surface area contributed by atoms with E-state index in [9.17, 15) is 36.0 Å². The molecule has 2 aromatic carbocycles. The van der Waals surface area contributed by atoms with Crippen LogP contribution in [0.2, 0.25) is 0 Å². The Hall–Kier alpha value is -3.98. The van der Waals surface area contributed by atoms with Gasteiger partial charge < -0.3 is 20.1 Å². The summed E-state index contributed by atoms with van der Waals surface area (Å²) in [6.45, 7) is 2.95. The van der Waals surface area contributed by atoms with Crippen molar-refractivity contribution in [3.05, 3.63) is 65.2 Å². The fourth-order valence-corrected chi connectivity index (χ4v) is 6.06. The quantitative estimate of drug-likeness (QED) is 0.283. The Morgan fingerprint density at radius 3 is 2.23 bits per heavy atom. The number of carboxylic acid groups (broad SMARTS) is 1. The second kappa shape index (κ2) is 14.7. The van der Waals surface area contributed by atoms with E-state index in [-0.39, 0.29) is 44.9 Å². The molecule has 0 aromatic heterocycles. The monoisotopic (exact) mass is 640 g/mol. The fourth-order valence-electron chi connectivity index (χ4n) is 4.49. The summed E-state index contributed by atoms with van der Waals surface area (Å²) in [4.78, 5) is 42.1. The van der Waals surface area contributed by atoms with Crippen molar-refractivity contribution in [2.24, 2.45) is 4.99 Å². The van der Waals surface area contributed by atoms with Gasteiger partial charge in [0.1, 0.15) is 12.6 Å². The molecule has 1 aliphatic rings. The first kappa shape index (κ1) is 34.5. The van der Waals surface area contributed by atoms with E-state index in [0.29, 0.717) is 18.1 Å². The number of amides is 2. The Kier molecular flexibility index (Phi) is 11.5. The van der Waals surface area contributed by atoms with Gasteiger partial charge in [-0.25, -0.2) is 13.4 Å². The SMILES string of the molecule is COC(CCC(=O)O)=NCC(=O)N1CCN(S(=O)(=O)c2ccc(C(F)(F)F)cc2)[C@@H](C(=O)NCc2ccc(C(C)C)cc2)C1. The molecule has 11 nitrogen and oxygen atoms in total. The highest BCUT2D eigenvalue weighted by atomic mass is 32.2. The molecule has 44 heavy (non-hydrogen) atoms. The molecule has 3 rings (SSSR count). The summed E-state index contributed by atoms with van der Waals surface area (Å²) in [5.41, 5.74) is 0.827. The van der Waals surface area contributed by atoms with Crippen LogP contribution in [0.25, 0.3) is 0 Å². The molecule has 2 aromatic rings. The predicted octanol–water partition coefficient (Wildman–Crippen LogP) is 3.26. The summed E-state index contributed by atoms with van der Waals surface area (Å²) < 4.78 is 72.2. The molecular formula is C29H35F3N4O7S. The zero-order valence-electron chi connectivity index (χ0n) is 24.5. The van der Waals surface area contributed by atoms with Crippen LogP contribution in [0.1, 0.15) is 49.3 Å². The van der Waals surface area contributed by atoms with Crippen molar-refractivity contribution in [2.75, 3.05) is 33.3 Å². The number of benzene rings is 2. The number of hydrogen-bond donors (Lipinski definition) is 2. The third kappa shape index (κ3) is 9.02. The van der Waals surface area contributed by atoms with E-state index in [1.165, 1.54) is 12.0 Å². The van der Waals surface area contributed by atoms with Gasteiger partial charge in [0.2, 0.25) is 21.8 Å². The fraction of sp³-hybridized carbons (Fsp3) is 0.448. The molecule has 1 heterocycles. The van der Waals surface area contributed by atoms with Gasteiger partial charge in [0.05, 0.1) is 24.0 Å². The zero-order valence-corrected chi connectivity index (χ0v) is 25.3. The van der Waals surface area contributed by atoms with E-state index < -0.39 is 57.0 Å². The van der Waals surface area contributed by atoms with Crippen molar-refractivity contribution in [2.45, 2.75) is 56.3 Å². The first-order chi connectivity index (χ1) is 20.6. The van der Waals surface area contributed by atoms with Crippen LogP contribution in [-0.4, -0.2) is 85.7 Å². The van der Waals surface area contributed by atoms with E-state index in [1.54, 1.807) is 0 Å². The Morgan fingerprint density at radius 2 is 1.68 bits per heavy atom. The molecule has 1 fully saturated rings. The van der Waals surface area contributed by atoms with E-state index in [0.717, 1.165) is 27.6 Å². The summed E-state index contributed by atoms with van der Waals surface area (Å²) in [7, 11) is -3.16. The van der Waals surface area contributed by atoms with E-state index in [1.807, 2.05) is 38.1 Å². The maximum Gasteiger partial charge on any atom is 0.416 e. The molecule has 0 bridgehead atoms. The second-order valence-corrected chi connectivity index (χ2v) is 12.3. The highest BCUT2D eigenvalue weighted by Gasteiger charge is 2.41. The van der Waals surface area contributed by atoms with Crippen LogP contribution in [-0.2, 0) is 41.9 Å². The van der Waals surface area contributed by atoms with Crippen LogP contribution < -0.4 is 5.32 Å². The Morgan fingerprint density at radius 1 is 1.05 bits per heavy atom. The van der Waals surface area contributed by atoms with Crippen molar-refractivity contribution >= 4 is 33.7 Å². The Balaban J connectivity index is 1.83. The smallest absolute Gasteiger partial charge is 0.416 e. The standard InChI is InChI=1S/C29H35F3N4O7S/c1-19(2)21-6-4-20(5-7-21)16-34-28(40)24-18-35(26(37)17-33-25(43-3)12-13-27(38)39)14-15-36(24)44(41,42)23-10-8-22(9-11-23)29(30,31)32/h4-11,19,24H,12-18H2,1-3H3,(H,34,40)(H,38,39)/t24-/m1/s1. The number of sulfonamides is 1. The number of nitrogens with one attached hydrogen (secondary N) is 1. The van der Waals surface area contributed by atoms with Gasteiger partial charge in [-0.1, -0.05) is 38.1 Å². The Labute approximate surface area is 253 Å². The van der Waals surface area contributed by atoms with Gasteiger partial charge in [0.15, 0.2) is 5.90 Å². The largest absolute Gasteiger partial charge is 0.484 e. The maximum atomic E-state index is 13.6. The molecule has 0 radical (unpaired) electrons. The van der Waals surface area contributed by atoms with Crippen LogP contribution in [0.3, 0.4) is 0 Å². The number of methoxy groups -OCH3 is 1. The highest BCUT2D eigenvalue weighted by Crippen LogP contribution is 2.31. The van der Waals surface area contributed by atoms with Crippen LogP contribution in [0.4, 0.5) is 13.2 Å². The number of hydrogen-bond acceptors (Lipinski definition) is 7. The number of rotatable bonds is 11. The third-order valence-electron chi connectivity index (χ3n) is 7.07. The first-order valence-electron chi connectivity index (χ1n) is 13.8. The van der Waals surface area contributed by atoms with Gasteiger partial charge in [-0.05, 0) is 41.3 Å². The predicted molar refractivity (Wildman–Crippen MR) is 154 cm³/mol. The number of ether oxygens (including phenoxy) is 1. The molecule has 0 spiro atoms. The summed E-state index contributed by atoms with van der Waals surface area (Å²) in [5.74, 6) is -1.98. The number of carboxylic acids is 1. The number of halogens is 3. The number of nitrogens with zero attached hydrogens (tertiary/aromatic N) is 3. The van der Waals surface area contributed by atoms with Crippen molar-refractivity contribution in [3.63, 3.8) is 0 Å². The van der Waals surface area contributed by atoms with E-state index in [4.69, 9.17) is 9.84 Å². The molecule has 2 amide bonds. The number of carbonyl (C=O) groups excluding carboxylic acids is 2. The van der Waals surface area contributed by atoms with Crippen LogP contribution in [0.15, 0.2) is 58.4 Å². The number of aliphatic carboxylic acids is 1. The number of carbonyl (C=O) groups is 3. The van der Waals surface area contributed by atoms with Gasteiger partial charge >= 0.3 is 12.1 Å². The molecule has 15 heteroatoms. The van der Waals surface area contributed by atoms with Gasteiger partial charge in [-0.2, -0.15) is 17.5 Å². The molecule has 1 aliphatic heterocycles. The average molecular weight is 641 g/mol. The van der Waals surface area contributed by atoms with E-state index in [2.05, 4.69) is 10.3 Å². The number of piperazine rings is 1. The average Bonchev–Trinajstić information content (AvgIpc) is 2.99. The molecule has 0 unspecified atom stereocenters. The lowest BCUT2D eigenvalue weighted by molar-refractivity contribution is -0.138.